The second-order valence-corrected chi connectivity index (χ2v) is 5.03. The SMILES string of the molecule is C/C=C/CC1(CCC(C)C)C(=O)NC(=O)NC1=O. The molecule has 0 bridgehead atoms. The molecule has 100 valence electrons. The van der Waals surface area contributed by atoms with Crippen LogP contribution in [-0.2, 0) is 9.59 Å². The smallest absolute Gasteiger partial charge is 0.277 e. The van der Waals surface area contributed by atoms with E-state index in [1.807, 2.05) is 20.8 Å². The van der Waals surface area contributed by atoms with Crippen molar-refractivity contribution in [3.8, 4) is 0 Å². The zero-order valence-electron chi connectivity index (χ0n) is 11.1. The second-order valence-electron chi connectivity index (χ2n) is 5.03. The third-order valence-corrected chi connectivity index (χ3v) is 3.17. The van der Waals surface area contributed by atoms with Crippen molar-refractivity contribution in [2.75, 3.05) is 0 Å². The highest BCUT2D eigenvalue weighted by molar-refractivity contribution is 6.19. The molecule has 0 aromatic carbocycles. The number of imide groups is 2. The molecule has 1 rings (SSSR count). The van der Waals surface area contributed by atoms with Crippen molar-refractivity contribution in [1.82, 2.24) is 10.6 Å². The Morgan fingerprint density at radius 1 is 1.17 bits per heavy atom. The molecule has 4 amide bonds. The average molecular weight is 252 g/mol. The van der Waals surface area contributed by atoms with Crippen molar-refractivity contribution in [2.24, 2.45) is 11.3 Å². The molecule has 5 heteroatoms. The Kier molecular flexibility index (Phi) is 4.64. The minimum Gasteiger partial charge on any atom is -0.277 e. The summed E-state index contributed by atoms with van der Waals surface area (Å²) in [4.78, 5) is 35.2. The molecule has 0 aromatic rings. The lowest BCUT2D eigenvalue weighted by atomic mass is 9.75. The number of barbiturate groups is 1. The Bertz CT molecular complexity index is 366. The largest absolute Gasteiger partial charge is 0.328 e. The van der Waals surface area contributed by atoms with E-state index >= 15 is 0 Å². The lowest BCUT2D eigenvalue weighted by Crippen LogP contribution is -2.62. The summed E-state index contributed by atoms with van der Waals surface area (Å²) in [6.07, 6.45) is 5.11. The van der Waals surface area contributed by atoms with Crippen LogP contribution in [0.25, 0.3) is 0 Å². The van der Waals surface area contributed by atoms with Crippen molar-refractivity contribution < 1.29 is 14.4 Å². The molecule has 0 aliphatic carbocycles. The van der Waals surface area contributed by atoms with E-state index < -0.39 is 23.3 Å². The van der Waals surface area contributed by atoms with E-state index in [1.54, 1.807) is 12.2 Å². The molecular weight excluding hydrogens is 232 g/mol. The van der Waals surface area contributed by atoms with Crippen molar-refractivity contribution in [2.45, 2.75) is 40.0 Å². The van der Waals surface area contributed by atoms with Gasteiger partial charge in [0.1, 0.15) is 5.41 Å². The van der Waals surface area contributed by atoms with Crippen molar-refractivity contribution in [1.29, 1.82) is 0 Å². The summed E-state index contributed by atoms with van der Waals surface area (Å²) in [5, 5.41) is 4.38. The number of carbonyl (C=O) groups is 3. The molecule has 18 heavy (non-hydrogen) atoms. The number of allylic oxidation sites excluding steroid dienone is 2. The topological polar surface area (TPSA) is 75.3 Å². The lowest BCUT2D eigenvalue weighted by molar-refractivity contribution is -0.144. The van der Waals surface area contributed by atoms with Gasteiger partial charge < -0.3 is 0 Å². The van der Waals surface area contributed by atoms with Crippen LogP contribution in [0.4, 0.5) is 4.79 Å². The minimum atomic E-state index is -1.15. The quantitative estimate of drug-likeness (QED) is 0.578. The molecule has 2 N–H and O–H groups in total. The fourth-order valence-electron chi connectivity index (χ4n) is 1.95. The van der Waals surface area contributed by atoms with Crippen LogP contribution in [0.2, 0.25) is 0 Å². The summed E-state index contributed by atoms with van der Waals surface area (Å²) in [5.74, 6) is -0.587. The van der Waals surface area contributed by atoms with Crippen LogP contribution in [0, 0.1) is 11.3 Å². The van der Waals surface area contributed by atoms with Crippen molar-refractivity contribution in [3.63, 3.8) is 0 Å². The molecule has 1 aliphatic rings. The van der Waals surface area contributed by atoms with Gasteiger partial charge in [-0.15, -0.1) is 0 Å². The van der Waals surface area contributed by atoms with Crippen LogP contribution in [0.5, 0.6) is 0 Å². The molecule has 1 fully saturated rings. The van der Waals surface area contributed by atoms with Gasteiger partial charge in [-0.1, -0.05) is 26.0 Å². The molecule has 0 spiro atoms. The van der Waals surface area contributed by atoms with Crippen molar-refractivity contribution >= 4 is 17.8 Å². The van der Waals surface area contributed by atoms with Crippen molar-refractivity contribution in [3.05, 3.63) is 12.2 Å². The van der Waals surface area contributed by atoms with Crippen LogP contribution in [0.3, 0.4) is 0 Å². The highest BCUT2D eigenvalue weighted by Crippen LogP contribution is 2.33. The summed E-state index contributed by atoms with van der Waals surface area (Å²) in [6, 6.07) is -0.731. The van der Waals surface area contributed by atoms with Gasteiger partial charge in [-0.2, -0.15) is 0 Å². The van der Waals surface area contributed by atoms with Gasteiger partial charge >= 0.3 is 6.03 Å². The number of hydrogen-bond acceptors (Lipinski definition) is 3. The van der Waals surface area contributed by atoms with Gasteiger partial charge in [0, 0.05) is 0 Å². The molecule has 5 nitrogen and oxygen atoms in total. The van der Waals surface area contributed by atoms with E-state index in [1.165, 1.54) is 0 Å². The Morgan fingerprint density at radius 3 is 2.17 bits per heavy atom. The monoisotopic (exact) mass is 252 g/mol. The number of amides is 4. The summed E-state index contributed by atoms with van der Waals surface area (Å²) in [6.45, 7) is 5.90. The second kappa shape index (κ2) is 5.80. The first-order chi connectivity index (χ1) is 8.42. The fourth-order valence-corrected chi connectivity index (χ4v) is 1.95. The maximum absolute atomic E-state index is 12.0. The fraction of sp³-hybridized carbons (Fsp3) is 0.615. The van der Waals surface area contributed by atoms with Gasteiger partial charge in [-0.3, -0.25) is 20.2 Å². The Labute approximate surface area is 107 Å². The number of carbonyl (C=O) groups excluding carboxylic acids is 3. The Hall–Kier alpha value is -1.65. The van der Waals surface area contributed by atoms with Gasteiger partial charge in [-0.25, -0.2) is 4.79 Å². The zero-order valence-corrected chi connectivity index (χ0v) is 11.1. The van der Waals surface area contributed by atoms with Gasteiger partial charge in [-0.05, 0) is 32.1 Å². The first kappa shape index (κ1) is 14.4. The standard InChI is InChI=1S/C13H20N2O3/c1-4-5-7-13(8-6-9(2)3)10(16)14-12(18)15-11(13)17/h4-5,9H,6-8H2,1-3H3,(H2,14,15,16,17,18)/b5-4+. The summed E-state index contributed by atoms with van der Waals surface area (Å²) in [7, 11) is 0. The van der Waals surface area contributed by atoms with Crippen LogP contribution in [0.1, 0.15) is 40.0 Å². The predicted molar refractivity (Wildman–Crippen MR) is 67.6 cm³/mol. The molecule has 1 aliphatic heterocycles. The molecular formula is C13H20N2O3. The first-order valence-corrected chi connectivity index (χ1v) is 6.20. The van der Waals surface area contributed by atoms with Crippen LogP contribution >= 0.6 is 0 Å². The maximum atomic E-state index is 12.0. The van der Waals surface area contributed by atoms with Crippen LogP contribution in [0.15, 0.2) is 12.2 Å². The van der Waals surface area contributed by atoms with E-state index in [4.69, 9.17) is 0 Å². The Balaban J connectivity index is 2.97. The molecule has 0 unspecified atom stereocenters. The molecule has 1 heterocycles. The molecule has 0 atom stereocenters. The number of rotatable bonds is 5. The molecule has 1 saturated heterocycles. The van der Waals surface area contributed by atoms with Gasteiger partial charge in [0.05, 0.1) is 0 Å². The van der Waals surface area contributed by atoms with E-state index in [0.717, 1.165) is 6.42 Å². The van der Waals surface area contributed by atoms with Gasteiger partial charge in [0.15, 0.2) is 0 Å². The van der Waals surface area contributed by atoms with Gasteiger partial charge in [0.2, 0.25) is 11.8 Å². The first-order valence-electron chi connectivity index (χ1n) is 6.20. The zero-order chi connectivity index (χ0) is 13.8. The molecule has 0 saturated carbocycles. The normalized spacial score (nSPS) is 19.2. The van der Waals surface area contributed by atoms with Crippen LogP contribution in [-0.4, -0.2) is 17.8 Å². The average Bonchev–Trinajstić information content (AvgIpc) is 2.27. The molecule has 0 radical (unpaired) electrons. The summed E-state index contributed by atoms with van der Waals surface area (Å²) in [5.41, 5.74) is -1.15. The minimum absolute atomic E-state index is 0.321. The third-order valence-electron chi connectivity index (χ3n) is 3.17. The predicted octanol–water partition coefficient (Wildman–Crippen LogP) is 1.74. The highest BCUT2D eigenvalue weighted by Gasteiger charge is 2.48. The summed E-state index contributed by atoms with van der Waals surface area (Å²) >= 11 is 0. The number of nitrogens with one attached hydrogen (secondary N) is 2. The molecule has 0 aromatic heterocycles. The maximum Gasteiger partial charge on any atom is 0.328 e. The van der Waals surface area contributed by atoms with Gasteiger partial charge in [0.25, 0.3) is 0 Å². The number of urea groups is 1. The highest BCUT2D eigenvalue weighted by atomic mass is 16.2. The van der Waals surface area contributed by atoms with E-state index in [9.17, 15) is 14.4 Å². The Morgan fingerprint density at radius 2 is 1.72 bits per heavy atom. The third kappa shape index (κ3) is 2.97. The van der Waals surface area contributed by atoms with E-state index in [0.29, 0.717) is 18.8 Å². The number of hydrogen-bond donors (Lipinski definition) is 2. The van der Waals surface area contributed by atoms with E-state index in [-0.39, 0.29) is 0 Å². The lowest BCUT2D eigenvalue weighted by Gasteiger charge is -2.33. The summed E-state index contributed by atoms with van der Waals surface area (Å²) < 4.78 is 0. The van der Waals surface area contributed by atoms with E-state index in [2.05, 4.69) is 10.6 Å². The van der Waals surface area contributed by atoms with Crippen LogP contribution < -0.4 is 10.6 Å².